The van der Waals surface area contributed by atoms with Crippen LogP contribution in [0.5, 0.6) is 0 Å². The molecule has 0 bridgehead atoms. The van der Waals surface area contributed by atoms with Crippen LogP contribution in [0, 0.1) is 0 Å². The van der Waals surface area contributed by atoms with E-state index in [1.165, 1.54) is 0 Å². The molecule has 0 aromatic heterocycles. The summed E-state index contributed by atoms with van der Waals surface area (Å²) < 4.78 is 31.8. The molecule has 0 aliphatic heterocycles. The maximum absolute atomic E-state index is 10.6. The van der Waals surface area contributed by atoms with E-state index in [1.54, 1.807) is 0 Å². The minimum atomic E-state index is -4.12. The van der Waals surface area contributed by atoms with Gasteiger partial charge in [-0.15, -0.1) is 0 Å². The van der Waals surface area contributed by atoms with E-state index in [9.17, 15) is 13.2 Å². The van der Waals surface area contributed by atoms with Crippen molar-refractivity contribution in [1.82, 2.24) is 0 Å². The van der Waals surface area contributed by atoms with Crippen LogP contribution in [0.1, 0.15) is 0 Å². The molecule has 0 heterocycles. The second-order valence-electron chi connectivity index (χ2n) is 0.799. The Kier molecular flexibility index (Phi) is 13.1. The third-order valence-electron chi connectivity index (χ3n) is 0.161. The van der Waals surface area contributed by atoms with Gasteiger partial charge in [0, 0.05) is 0 Å². The molecule has 0 amide bonds. The van der Waals surface area contributed by atoms with Gasteiger partial charge in [0.1, 0.15) is 0 Å². The first-order chi connectivity index (χ1) is 2.56. The molecule has 0 aromatic rings. The first kappa shape index (κ1) is 16.2. The van der Waals surface area contributed by atoms with Crippen molar-refractivity contribution in [2.24, 2.45) is 0 Å². The summed E-state index contributed by atoms with van der Waals surface area (Å²) in [7, 11) is 0. The van der Waals surface area contributed by atoms with E-state index in [1.807, 2.05) is 0 Å². The molecule has 2 N–H and O–H groups in total. The fraction of sp³-hybridized carbons (Fsp3) is 1.00. The molecule has 0 aliphatic rings. The number of hydrogen-bond acceptors (Lipinski definition) is 2. The van der Waals surface area contributed by atoms with Gasteiger partial charge in [-0.2, -0.15) is 8.78 Å². The second-order valence-corrected chi connectivity index (χ2v) is 0.799. The van der Waals surface area contributed by atoms with Crippen molar-refractivity contribution in [1.29, 1.82) is 0 Å². The summed E-state index contributed by atoms with van der Waals surface area (Å²) in [5, 5.41) is 7.12. The predicted octanol–water partition coefficient (Wildman–Crippen LogP) is -2.63. The Hall–Kier alpha value is 1.35. The summed E-state index contributed by atoms with van der Waals surface area (Å²) >= 11 is 0. The molecule has 0 unspecified atom stereocenters. The third-order valence-corrected chi connectivity index (χ3v) is 0.161. The Morgan fingerprint density at radius 3 is 1.50 bits per heavy atom. The Morgan fingerprint density at radius 1 is 1.38 bits per heavy atom. The third kappa shape index (κ3) is 15.7. The van der Waals surface area contributed by atoms with Crippen molar-refractivity contribution in [3.8, 4) is 0 Å². The normalized spacial score (nSPS) is 9.00. The van der Waals surface area contributed by atoms with Crippen LogP contribution in [-0.4, -0.2) is 23.4 Å². The van der Waals surface area contributed by atoms with Gasteiger partial charge < -0.3 is 10.6 Å². The van der Waals surface area contributed by atoms with Crippen LogP contribution >= 0.6 is 0 Å². The maximum atomic E-state index is 10.6. The quantitative estimate of drug-likeness (QED) is 0.422. The summed E-state index contributed by atoms with van der Waals surface area (Å²) in [5.74, 6) is 0. The zero-order valence-electron chi connectivity index (χ0n) is 4.24. The van der Waals surface area contributed by atoms with Crippen molar-refractivity contribution >= 4 is 0 Å². The van der Waals surface area contributed by atoms with E-state index in [0.29, 0.717) is 0 Å². The van der Waals surface area contributed by atoms with Gasteiger partial charge in [0.25, 0.3) is 0 Å². The molecule has 2 nitrogen and oxygen atoms in total. The number of rotatable bonds is 1. The summed E-state index contributed by atoms with van der Waals surface area (Å²) in [6, 6.07) is 0. The van der Waals surface area contributed by atoms with Crippen LogP contribution in [0.15, 0.2) is 0 Å². The standard InChI is InChI=1S/C2H3F3O.K.H2O/c3-1-2(4,5)6;;/h6H,1H2;;1H2/q;+1;/p-1. The van der Waals surface area contributed by atoms with Gasteiger partial charge in [-0.05, 0) is 0 Å². The molecule has 6 heteroatoms. The van der Waals surface area contributed by atoms with E-state index in [-0.39, 0.29) is 56.9 Å². The van der Waals surface area contributed by atoms with Gasteiger partial charge in [-0.25, -0.2) is 4.39 Å². The van der Waals surface area contributed by atoms with Crippen molar-refractivity contribution in [3.05, 3.63) is 0 Å². The summed E-state index contributed by atoms with van der Waals surface area (Å²) in [6.45, 7) is -2.01. The topological polar surface area (TPSA) is 50.2 Å². The van der Waals surface area contributed by atoms with Gasteiger partial charge in [0.2, 0.25) is 0 Å². The molecular formula is C2H4F3KO2. The minimum absolute atomic E-state index is 0. The summed E-state index contributed by atoms with van der Waals surface area (Å²) in [5.41, 5.74) is 0. The zero-order chi connectivity index (χ0) is 5.21. The van der Waals surface area contributed by atoms with Crippen LogP contribution in [0.4, 0.5) is 13.2 Å². The van der Waals surface area contributed by atoms with E-state index < -0.39 is 12.8 Å². The molecule has 0 saturated carbocycles. The molecular weight excluding hydrogens is 152 g/mol. The molecule has 46 valence electrons. The Morgan fingerprint density at radius 2 is 1.50 bits per heavy atom. The van der Waals surface area contributed by atoms with Crippen LogP contribution in [0.2, 0.25) is 0 Å². The average molecular weight is 156 g/mol. The minimum Gasteiger partial charge on any atom is -0.870 e. The van der Waals surface area contributed by atoms with Gasteiger partial charge in [0.15, 0.2) is 6.67 Å². The van der Waals surface area contributed by atoms with E-state index in [0.717, 1.165) is 0 Å². The van der Waals surface area contributed by atoms with Crippen LogP contribution < -0.4 is 51.4 Å². The smallest absolute Gasteiger partial charge is 0.870 e. The first-order valence-electron chi connectivity index (χ1n) is 1.22. The first-order valence-corrected chi connectivity index (χ1v) is 1.22. The molecule has 0 fully saturated rings. The Balaban J connectivity index is -0.000000125. The molecule has 0 rings (SSSR count). The van der Waals surface area contributed by atoms with Gasteiger partial charge in [-0.1, -0.05) is 0 Å². The molecule has 0 atom stereocenters. The fourth-order valence-electron chi connectivity index (χ4n) is 0. The van der Waals surface area contributed by atoms with Gasteiger partial charge >= 0.3 is 57.5 Å². The number of halogens is 3. The van der Waals surface area contributed by atoms with Gasteiger partial charge in [-0.3, -0.25) is 0 Å². The van der Waals surface area contributed by atoms with Crippen molar-refractivity contribution in [3.63, 3.8) is 0 Å². The van der Waals surface area contributed by atoms with Crippen LogP contribution in [0.3, 0.4) is 0 Å². The molecule has 8 heavy (non-hydrogen) atoms. The molecule has 0 saturated heterocycles. The second kappa shape index (κ2) is 6.47. The number of alkyl halides is 3. The summed E-state index contributed by atoms with van der Waals surface area (Å²) in [6.07, 6.45) is -4.12. The van der Waals surface area contributed by atoms with E-state index >= 15 is 0 Å². The van der Waals surface area contributed by atoms with E-state index in [2.05, 4.69) is 0 Å². The molecule has 0 spiro atoms. The maximum Gasteiger partial charge on any atom is 1.00 e. The SMILES string of the molecule is OC(F)(F)CF.[K+].[OH-]. The largest absolute Gasteiger partial charge is 1.00 e. The van der Waals surface area contributed by atoms with Crippen molar-refractivity contribution < 1.29 is 75.1 Å². The Bertz CT molecular complexity index is 45.0. The van der Waals surface area contributed by atoms with Crippen LogP contribution in [0.25, 0.3) is 0 Å². The summed E-state index contributed by atoms with van der Waals surface area (Å²) in [4.78, 5) is 0. The Labute approximate surface area is 86.8 Å². The molecule has 0 aliphatic carbocycles. The number of aliphatic hydroxyl groups is 1. The van der Waals surface area contributed by atoms with Crippen molar-refractivity contribution in [2.75, 3.05) is 6.67 Å². The monoisotopic (exact) mass is 156 g/mol. The van der Waals surface area contributed by atoms with Crippen LogP contribution in [-0.2, 0) is 0 Å². The zero-order valence-corrected chi connectivity index (χ0v) is 7.36. The van der Waals surface area contributed by atoms with Crippen molar-refractivity contribution in [2.45, 2.75) is 6.11 Å². The predicted molar refractivity (Wildman–Crippen MR) is 15.1 cm³/mol. The molecule has 0 aromatic carbocycles. The van der Waals surface area contributed by atoms with E-state index in [4.69, 9.17) is 5.11 Å². The fourth-order valence-corrected chi connectivity index (χ4v) is 0. The number of hydrogen-bond donors (Lipinski definition) is 1. The molecule has 0 radical (unpaired) electrons. The van der Waals surface area contributed by atoms with Gasteiger partial charge in [0.05, 0.1) is 0 Å². The average Bonchev–Trinajstić information content (AvgIpc) is 1.35.